The van der Waals surface area contributed by atoms with Crippen molar-refractivity contribution in [3.8, 4) is 0 Å². The van der Waals surface area contributed by atoms with Crippen molar-refractivity contribution in [2.24, 2.45) is 0 Å². The normalized spacial score (nSPS) is 12.3. The zero-order valence-corrected chi connectivity index (χ0v) is 10.7. The minimum absolute atomic E-state index is 0.136. The Balaban J connectivity index is 2.43. The van der Waals surface area contributed by atoms with Crippen LogP contribution in [0.5, 0.6) is 0 Å². The molecule has 0 saturated heterocycles. The van der Waals surface area contributed by atoms with Gasteiger partial charge in [0.15, 0.2) is 0 Å². The van der Waals surface area contributed by atoms with Gasteiger partial charge in [-0.3, -0.25) is 4.79 Å². The zero-order valence-electron chi connectivity index (χ0n) is 10.7. The maximum atomic E-state index is 11.3. The largest absolute Gasteiger partial charge is 0.343 e. The van der Waals surface area contributed by atoms with Crippen LogP contribution in [0.15, 0.2) is 36.9 Å². The first-order chi connectivity index (χ1) is 8.67. The smallest absolute Gasteiger partial charge is 0.243 e. The molecule has 1 atom stereocenters. The van der Waals surface area contributed by atoms with Crippen LogP contribution in [0.25, 0.3) is 11.0 Å². The van der Waals surface area contributed by atoms with Gasteiger partial charge in [-0.1, -0.05) is 18.7 Å². The van der Waals surface area contributed by atoms with Crippen LogP contribution in [0.4, 0.5) is 0 Å². The molecule has 2 rings (SSSR count). The highest BCUT2D eigenvalue weighted by Gasteiger charge is 2.16. The number of hydrogen-bond donors (Lipinski definition) is 1. The average molecular weight is 243 g/mol. The molecule has 18 heavy (non-hydrogen) atoms. The lowest BCUT2D eigenvalue weighted by Gasteiger charge is -2.14. The van der Waals surface area contributed by atoms with Crippen molar-refractivity contribution in [2.45, 2.75) is 26.4 Å². The minimum atomic E-state index is -0.183. The molecule has 0 bridgehead atoms. The fourth-order valence-corrected chi connectivity index (χ4v) is 2.09. The molecule has 94 valence electrons. The van der Waals surface area contributed by atoms with Crippen LogP contribution >= 0.6 is 0 Å². The Morgan fingerprint density at radius 2 is 2.28 bits per heavy atom. The predicted molar refractivity (Wildman–Crippen MR) is 72.2 cm³/mol. The highest BCUT2D eigenvalue weighted by molar-refractivity contribution is 5.87. The summed E-state index contributed by atoms with van der Waals surface area (Å²) in [7, 11) is 0. The maximum absolute atomic E-state index is 11.3. The number of fused-ring (bicyclic) bond motifs is 1. The molecular formula is C14H17N3O. The lowest BCUT2D eigenvalue weighted by atomic mass is 10.3. The summed E-state index contributed by atoms with van der Waals surface area (Å²) in [6.45, 7) is 8.27. The number of benzene rings is 1. The van der Waals surface area contributed by atoms with E-state index >= 15 is 0 Å². The highest BCUT2D eigenvalue weighted by Crippen LogP contribution is 2.20. The second-order valence-corrected chi connectivity index (χ2v) is 4.14. The van der Waals surface area contributed by atoms with Crippen LogP contribution in [0.3, 0.4) is 0 Å². The Hall–Kier alpha value is -2.10. The van der Waals surface area contributed by atoms with Crippen molar-refractivity contribution >= 4 is 16.9 Å². The first-order valence-electron chi connectivity index (χ1n) is 6.05. The summed E-state index contributed by atoms with van der Waals surface area (Å²) in [5.41, 5.74) is 2.05. The molecule has 1 unspecified atom stereocenters. The van der Waals surface area contributed by atoms with Crippen LogP contribution in [-0.4, -0.2) is 15.5 Å². The van der Waals surface area contributed by atoms with Crippen LogP contribution in [-0.2, 0) is 11.3 Å². The van der Waals surface area contributed by atoms with Crippen molar-refractivity contribution in [1.29, 1.82) is 0 Å². The van der Waals surface area contributed by atoms with Crippen molar-refractivity contribution in [3.05, 3.63) is 42.7 Å². The summed E-state index contributed by atoms with van der Waals surface area (Å²) in [6, 6.07) is 7.84. The Kier molecular flexibility index (Phi) is 3.46. The number of nitrogens with zero attached hydrogens (tertiary/aromatic N) is 2. The third kappa shape index (κ3) is 2.14. The van der Waals surface area contributed by atoms with Gasteiger partial charge in [0.05, 0.1) is 17.1 Å². The van der Waals surface area contributed by atoms with Gasteiger partial charge in [-0.15, -0.1) is 0 Å². The molecule has 1 N–H and O–H groups in total. The first-order valence-corrected chi connectivity index (χ1v) is 6.05. The monoisotopic (exact) mass is 243 g/mol. The third-order valence-electron chi connectivity index (χ3n) is 2.93. The Morgan fingerprint density at radius 3 is 2.94 bits per heavy atom. The molecule has 0 saturated carbocycles. The van der Waals surface area contributed by atoms with Gasteiger partial charge < -0.3 is 9.88 Å². The van der Waals surface area contributed by atoms with Crippen molar-refractivity contribution in [2.75, 3.05) is 0 Å². The fraction of sp³-hybridized carbons (Fsp3) is 0.286. The van der Waals surface area contributed by atoms with E-state index in [2.05, 4.69) is 28.4 Å². The average Bonchev–Trinajstić information content (AvgIpc) is 2.77. The summed E-state index contributed by atoms with van der Waals surface area (Å²) in [6.07, 6.45) is 1.27. The van der Waals surface area contributed by atoms with Crippen LogP contribution < -0.4 is 5.32 Å². The molecule has 0 aliphatic rings. The molecule has 2 aromatic rings. The van der Waals surface area contributed by atoms with Crippen LogP contribution in [0, 0.1) is 0 Å². The topological polar surface area (TPSA) is 46.9 Å². The molecule has 0 aliphatic carbocycles. The molecular weight excluding hydrogens is 226 g/mol. The molecule has 1 amide bonds. The summed E-state index contributed by atoms with van der Waals surface area (Å²) in [5, 5.41) is 2.84. The van der Waals surface area contributed by atoms with Gasteiger partial charge in [0.2, 0.25) is 5.91 Å². The van der Waals surface area contributed by atoms with Gasteiger partial charge in [0, 0.05) is 6.54 Å². The maximum Gasteiger partial charge on any atom is 0.243 e. The molecule has 4 heteroatoms. The van der Waals surface area contributed by atoms with Gasteiger partial charge in [-0.2, -0.15) is 0 Å². The highest BCUT2D eigenvalue weighted by atomic mass is 16.1. The third-order valence-corrected chi connectivity index (χ3v) is 2.93. The molecule has 4 nitrogen and oxygen atoms in total. The van der Waals surface area contributed by atoms with E-state index < -0.39 is 0 Å². The molecule has 0 spiro atoms. The number of aromatic nitrogens is 2. The number of para-hydroxylation sites is 2. The summed E-state index contributed by atoms with van der Waals surface area (Å²) >= 11 is 0. The van der Waals surface area contributed by atoms with Gasteiger partial charge in [-0.25, -0.2) is 4.98 Å². The van der Waals surface area contributed by atoms with Crippen molar-refractivity contribution in [3.63, 3.8) is 0 Å². The van der Waals surface area contributed by atoms with Crippen molar-refractivity contribution in [1.82, 2.24) is 14.9 Å². The number of imidazole rings is 1. The van der Waals surface area contributed by atoms with Gasteiger partial charge in [0.25, 0.3) is 0 Å². The van der Waals surface area contributed by atoms with E-state index in [1.165, 1.54) is 6.08 Å². The van der Waals surface area contributed by atoms with E-state index in [0.29, 0.717) is 0 Å². The summed E-state index contributed by atoms with van der Waals surface area (Å²) in [4.78, 5) is 15.9. The van der Waals surface area contributed by atoms with E-state index in [1.54, 1.807) is 0 Å². The van der Waals surface area contributed by atoms with E-state index in [4.69, 9.17) is 0 Å². The summed E-state index contributed by atoms with van der Waals surface area (Å²) in [5.74, 6) is 0.686. The first kappa shape index (κ1) is 12.4. The number of carbonyl (C=O) groups excluding carboxylic acids is 1. The standard InChI is InChI=1S/C14H17N3O/c1-4-13(18)15-10(3)14-16-11-8-6-7-9-12(11)17(14)5-2/h4,6-10H,1,5H2,2-3H3,(H,15,18). The van der Waals surface area contributed by atoms with Gasteiger partial charge >= 0.3 is 0 Å². The quantitative estimate of drug-likeness (QED) is 0.838. The second-order valence-electron chi connectivity index (χ2n) is 4.14. The molecule has 1 aromatic carbocycles. The molecule has 1 aromatic heterocycles. The number of aryl methyl sites for hydroxylation is 1. The minimum Gasteiger partial charge on any atom is -0.343 e. The lowest BCUT2D eigenvalue weighted by Crippen LogP contribution is -2.26. The van der Waals surface area contributed by atoms with Crippen LogP contribution in [0.2, 0.25) is 0 Å². The molecule has 1 heterocycles. The Labute approximate surface area is 106 Å². The number of carbonyl (C=O) groups is 1. The second kappa shape index (κ2) is 5.04. The van der Waals surface area contributed by atoms with Crippen molar-refractivity contribution < 1.29 is 4.79 Å². The van der Waals surface area contributed by atoms with E-state index in [1.807, 2.05) is 31.2 Å². The number of nitrogens with one attached hydrogen (secondary N) is 1. The number of hydrogen-bond acceptors (Lipinski definition) is 2. The van der Waals surface area contributed by atoms with Crippen LogP contribution in [0.1, 0.15) is 25.7 Å². The Bertz CT molecular complexity index is 586. The molecule has 0 radical (unpaired) electrons. The van der Waals surface area contributed by atoms with E-state index in [9.17, 15) is 4.79 Å². The Morgan fingerprint density at radius 1 is 1.56 bits per heavy atom. The molecule has 0 fully saturated rings. The lowest BCUT2D eigenvalue weighted by molar-refractivity contribution is -0.117. The molecule has 0 aliphatic heterocycles. The summed E-state index contributed by atoms with van der Waals surface area (Å²) < 4.78 is 2.11. The van der Waals surface area contributed by atoms with Gasteiger partial charge in [-0.05, 0) is 32.1 Å². The van der Waals surface area contributed by atoms with E-state index in [-0.39, 0.29) is 11.9 Å². The zero-order chi connectivity index (χ0) is 13.1. The van der Waals surface area contributed by atoms with E-state index in [0.717, 1.165) is 23.4 Å². The fourth-order valence-electron chi connectivity index (χ4n) is 2.09. The predicted octanol–water partition coefficient (Wildman–Crippen LogP) is 2.42. The number of amides is 1. The SMILES string of the molecule is C=CC(=O)NC(C)c1nc2ccccc2n1CC. The van der Waals surface area contributed by atoms with Gasteiger partial charge in [0.1, 0.15) is 5.82 Å². The number of rotatable bonds is 4.